The average molecular weight is 292 g/mol. The van der Waals surface area contributed by atoms with Crippen LogP contribution >= 0.6 is 24.8 Å². The first-order valence-electron chi connectivity index (χ1n) is 5.72. The van der Waals surface area contributed by atoms with Gasteiger partial charge in [0.05, 0.1) is 0 Å². The van der Waals surface area contributed by atoms with Gasteiger partial charge < -0.3 is 11.1 Å². The first-order valence-corrected chi connectivity index (χ1v) is 5.72. The van der Waals surface area contributed by atoms with Gasteiger partial charge in [-0.15, -0.1) is 24.8 Å². The molecule has 1 heterocycles. The van der Waals surface area contributed by atoms with Crippen LogP contribution in [-0.2, 0) is 4.79 Å². The molecule has 1 aromatic heterocycles. The molecular weight excluding hydrogens is 273 g/mol. The van der Waals surface area contributed by atoms with E-state index in [1.165, 1.54) is 0 Å². The lowest BCUT2D eigenvalue weighted by molar-refractivity contribution is -0.117. The molecule has 4 nitrogen and oxygen atoms in total. The Labute approximate surface area is 120 Å². The van der Waals surface area contributed by atoms with Gasteiger partial charge in [-0.05, 0) is 30.9 Å². The number of carbonyl (C=O) groups is 1. The fraction of sp³-hybridized carbons (Fsp3) is 0.500. The molecule has 1 aliphatic carbocycles. The fourth-order valence-electron chi connectivity index (χ4n) is 2.19. The van der Waals surface area contributed by atoms with Crippen molar-refractivity contribution < 1.29 is 4.79 Å². The third-order valence-corrected chi connectivity index (χ3v) is 3.10. The summed E-state index contributed by atoms with van der Waals surface area (Å²) >= 11 is 0. The molecule has 6 heteroatoms. The summed E-state index contributed by atoms with van der Waals surface area (Å²) in [5.41, 5.74) is 5.93. The Kier molecular flexibility index (Phi) is 7.91. The van der Waals surface area contributed by atoms with Crippen molar-refractivity contribution in [2.45, 2.75) is 31.7 Å². The third kappa shape index (κ3) is 4.80. The topological polar surface area (TPSA) is 68.0 Å². The zero-order chi connectivity index (χ0) is 11.4. The number of hydrogen-bond donors (Lipinski definition) is 2. The Morgan fingerprint density at radius 2 is 2.17 bits per heavy atom. The van der Waals surface area contributed by atoms with Gasteiger partial charge in [-0.25, -0.2) is 4.98 Å². The highest BCUT2D eigenvalue weighted by molar-refractivity contribution is 5.89. The number of nitrogens with one attached hydrogen (secondary N) is 1. The van der Waals surface area contributed by atoms with E-state index in [0.29, 0.717) is 18.2 Å². The first kappa shape index (κ1) is 17.2. The van der Waals surface area contributed by atoms with Crippen LogP contribution in [0.3, 0.4) is 0 Å². The zero-order valence-corrected chi connectivity index (χ0v) is 11.7. The SMILES string of the molecule is Cl.Cl.N[C@@H]1CCC[C@H]1CC(=O)Nc1ccccn1. The molecule has 3 N–H and O–H groups in total. The van der Waals surface area contributed by atoms with Gasteiger partial charge in [-0.2, -0.15) is 0 Å². The summed E-state index contributed by atoms with van der Waals surface area (Å²) in [6.07, 6.45) is 5.43. The van der Waals surface area contributed by atoms with Crippen LogP contribution in [-0.4, -0.2) is 16.9 Å². The highest BCUT2D eigenvalue weighted by Gasteiger charge is 2.25. The van der Waals surface area contributed by atoms with E-state index >= 15 is 0 Å². The number of hydrogen-bond acceptors (Lipinski definition) is 3. The minimum absolute atomic E-state index is 0. The molecule has 18 heavy (non-hydrogen) atoms. The number of halogens is 2. The smallest absolute Gasteiger partial charge is 0.225 e. The number of nitrogens with two attached hydrogens (primary N) is 1. The maximum Gasteiger partial charge on any atom is 0.225 e. The summed E-state index contributed by atoms with van der Waals surface area (Å²) < 4.78 is 0. The summed E-state index contributed by atoms with van der Waals surface area (Å²) in [5.74, 6) is 0.962. The van der Waals surface area contributed by atoms with E-state index in [-0.39, 0.29) is 36.8 Å². The van der Waals surface area contributed by atoms with Crippen LogP contribution in [0.5, 0.6) is 0 Å². The Hall–Kier alpha value is -0.840. The minimum atomic E-state index is 0. The van der Waals surface area contributed by atoms with E-state index in [4.69, 9.17) is 5.73 Å². The van der Waals surface area contributed by atoms with Gasteiger partial charge in [0.2, 0.25) is 5.91 Å². The molecular formula is C12H19Cl2N3O. The van der Waals surface area contributed by atoms with Crippen LogP contribution in [0.1, 0.15) is 25.7 Å². The lowest BCUT2D eigenvalue weighted by Crippen LogP contribution is -2.28. The van der Waals surface area contributed by atoms with Gasteiger partial charge in [0.1, 0.15) is 5.82 Å². The number of carbonyl (C=O) groups excluding carboxylic acids is 1. The molecule has 1 aliphatic rings. The largest absolute Gasteiger partial charge is 0.327 e. The predicted octanol–water partition coefficient (Wildman–Crippen LogP) is 2.38. The second-order valence-corrected chi connectivity index (χ2v) is 4.32. The lowest BCUT2D eigenvalue weighted by Gasteiger charge is -2.14. The molecule has 0 aromatic carbocycles. The second kappa shape index (κ2) is 8.29. The van der Waals surface area contributed by atoms with Gasteiger partial charge in [0.25, 0.3) is 0 Å². The summed E-state index contributed by atoms with van der Waals surface area (Å²) in [6.45, 7) is 0. The molecule has 0 spiro atoms. The second-order valence-electron chi connectivity index (χ2n) is 4.32. The molecule has 0 saturated heterocycles. The minimum Gasteiger partial charge on any atom is -0.327 e. The van der Waals surface area contributed by atoms with Crippen molar-refractivity contribution in [2.24, 2.45) is 11.7 Å². The van der Waals surface area contributed by atoms with Gasteiger partial charge >= 0.3 is 0 Å². The van der Waals surface area contributed by atoms with Crippen molar-refractivity contribution in [3.8, 4) is 0 Å². The van der Waals surface area contributed by atoms with E-state index in [1.54, 1.807) is 12.3 Å². The van der Waals surface area contributed by atoms with Crippen molar-refractivity contribution >= 4 is 36.5 Å². The highest BCUT2D eigenvalue weighted by atomic mass is 35.5. The van der Waals surface area contributed by atoms with Crippen molar-refractivity contribution in [1.29, 1.82) is 0 Å². The normalized spacial score (nSPS) is 21.6. The molecule has 2 rings (SSSR count). The van der Waals surface area contributed by atoms with E-state index in [9.17, 15) is 4.79 Å². The molecule has 0 bridgehead atoms. The van der Waals surface area contributed by atoms with Crippen molar-refractivity contribution in [3.05, 3.63) is 24.4 Å². The molecule has 1 amide bonds. The number of amides is 1. The Morgan fingerprint density at radius 1 is 1.39 bits per heavy atom. The van der Waals surface area contributed by atoms with E-state index in [0.717, 1.165) is 19.3 Å². The number of anilines is 1. The molecule has 0 aliphatic heterocycles. The summed E-state index contributed by atoms with van der Waals surface area (Å²) in [6, 6.07) is 5.65. The molecule has 2 atom stereocenters. The molecule has 0 radical (unpaired) electrons. The van der Waals surface area contributed by atoms with Gasteiger partial charge in [-0.3, -0.25) is 4.79 Å². The van der Waals surface area contributed by atoms with Crippen LogP contribution in [0.15, 0.2) is 24.4 Å². The molecule has 102 valence electrons. The molecule has 0 unspecified atom stereocenters. The number of rotatable bonds is 3. The van der Waals surface area contributed by atoms with E-state index in [2.05, 4.69) is 10.3 Å². The lowest BCUT2D eigenvalue weighted by atomic mass is 10.00. The molecule has 1 aromatic rings. The van der Waals surface area contributed by atoms with E-state index in [1.807, 2.05) is 12.1 Å². The fourth-order valence-corrected chi connectivity index (χ4v) is 2.19. The highest BCUT2D eigenvalue weighted by Crippen LogP contribution is 2.26. The first-order chi connectivity index (χ1) is 7.75. The summed E-state index contributed by atoms with van der Waals surface area (Å²) in [7, 11) is 0. The van der Waals surface area contributed by atoms with Crippen LogP contribution in [0.2, 0.25) is 0 Å². The predicted molar refractivity (Wildman–Crippen MR) is 77.3 cm³/mol. The van der Waals surface area contributed by atoms with Crippen molar-refractivity contribution in [3.63, 3.8) is 0 Å². The third-order valence-electron chi connectivity index (χ3n) is 3.10. The zero-order valence-electron chi connectivity index (χ0n) is 10.0. The van der Waals surface area contributed by atoms with Crippen molar-refractivity contribution in [1.82, 2.24) is 4.98 Å². The number of pyridine rings is 1. The van der Waals surface area contributed by atoms with Crippen molar-refractivity contribution in [2.75, 3.05) is 5.32 Å². The number of aromatic nitrogens is 1. The monoisotopic (exact) mass is 291 g/mol. The number of nitrogens with zero attached hydrogens (tertiary/aromatic N) is 1. The van der Waals surface area contributed by atoms with Gasteiger partial charge in [0.15, 0.2) is 0 Å². The Morgan fingerprint density at radius 3 is 2.72 bits per heavy atom. The average Bonchev–Trinajstić information content (AvgIpc) is 2.66. The Bertz CT molecular complexity index is 362. The molecule has 1 saturated carbocycles. The maximum absolute atomic E-state index is 11.7. The van der Waals surface area contributed by atoms with Gasteiger partial charge in [-0.1, -0.05) is 12.5 Å². The Balaban J connectivity index is 0.00000144. The summed E-state index contributed by atoms with van der Waals surface area (Å²) in [5, 5.41) is 2.78. The van der Waals surface area contributed by atoms with Crippen LogP contribution in [0.4, 0.5) is 5.82 Å². The van der Waals surface area contributed by atoms with E-state index < -0.39 is 0 Å². The quantitative estimate of drug-likeness (QED) is 0.898. The van der Waals surface area contributed by atoms with Crippen LogP contribution in [0, 0.1) is 5.92 Å². The maximum atomic E-state index is 11.7. The standard InChI is InChI=1S/C12H17N3O.2ClH/c13-10-5-3-4-9(10)8-12(16)15-11-6-1-2-7-14-11;;/h1-2,6-7,9-10H,3-5,8,13H2,(H,14,15,16);2*1H/t9-,10+;;/m0../s1. The van der Waals surface area contributed by atoms with Crippen LogP contribution in [0.25, 0.3) is 0 Å². The van der Waals surface area contributed by atoms with Crippen LogP contribution < -0.4 is 11.1 Å². The van der Waals surface area contributed by atoms with Gasteiger partial charge in [0, 0.05) is 18.7 Å². The molecule has 1 fully saturated rings. The summed E-state index contributed by atoms with van der Waals surface area (Å²) in [4.78, 5) is 15.8.